The van der Waals surface area contributed by atoms with E-state index < -0.39 is 0 Å². The highest BCUT2D eigenvalue weighted by atomic mass is 35.5. The number of halogens is 1. The van der Waals surface area contributed by atoms with Crippen molar-refractivity contribution in [1.82, 2.24) is 10.3 Å². The van der Waals surface area contributed by atoms with Crippen LogP contribution in [0.3, 0.4) is 0 Å². The van der Waals surface area contributed by atoms with Gasteiger partial charge in [-0.05, 0) is 26.1 Å². The van der Waals surface area contributed by atoms with Gasteiger partial charge in [0.25, 0.3) is 5.91 Å². The Balaban J connectivity index is 2.55. The second kappa shape index (κ2) is 5.46. The van der Waals surface area contributed by atoms with Gasteiger partial charge in [-0.3, -0.25) is 15.1 Å². The molecule has 1 aromatic rings. The fourth-order valence-electron chi connectivity index (χ4n) is 1.14. The third kappa shape index (κ3) is 3.46. The molecular formula is C9H14ClN3OS. The first-order chi connectivity index (χ1) is 7.04. The van der Waals surface area contributed by atoms with Crippen molar-refractivity contribution in [3.05, 3.63) is 21.3 Å². The molecule has 0 radical (unpaired) electrons. The van der Waals surface area contributed by atoms with E-state index in [2.05, 4.69) is 5.43 Å². The van der Waals surface area contributed by atoms with Crippen molar-refractivity contribution in [2.75, 3.05) is 7.05 Å². The number of carbonyl (C=O) groups excluding carboxylic acids is 1. The van der Waals surface area contributed by atoms with E-state index in [-0.39, 0.29) is 11.9 Å². The van der Waals surface area contributed by atoms with Crippen LogP contribution in [0, 0.1) is 0 Å². The van der Waals surface area contributed by atoms with Gasteiger partial charge in [-0.1, -0.05) is 11.6 Å². The summed E-state index contributed by atoms with van der Waals surface area (Å²) in [6, 6.07) is 3.55. The molecule has 0 bridgehead atoms. The predicted octanol–water partition coefficient (Wildman–Crippen LogP) is 1.21. The number of hydrazine groups is 1. The first kappa shape index (κ1) is 12.4. The zero-order valence-electron chi connectivity index (χ0n) is 8.66. The number of hydrogen-bond acceptors (Lipinski definition) is 4. The number of rotatable bonds is 4. The molecule has 0 fully saturated rings. The van der Waals surface area contributed by atoms with E-state index in [0.29, 0.717) is 6.54 Å². The van der Waals surface area contributed by atoms with Crippen LogP contribution in [-0.4, -0.2) is 23.9 Å². The van der Waals surface area contributed by atoms with E-state index in [1.807, 2.05) is 24.1 Å². The SMILES string of the molecule is CC(C(=O)NN)N(C)Cc1ccc(Cl)s1. The summed E-state index contributed by atoms with van der Waals surface area (Å²) in [7, 11) is 1.87. The standard InChI is InChI=1S/C9H14ClN3OS/c1-6(9(14)12-11)13(2)5-7-3-4-8(10)15-7/h3-4,6H,5,11H2,1-2H3,(H,12,14). The average molecular weight is 248 g/mol. The highest BCUT2D eigenvalue weighted by Gasteiger charge is 2.17. The van der Waals surface area contributed by atoms with Gasteiger partial charge in [0.2, 0.25) is 0 Å². The quantitative estimate of drug-likeness (QED) is 0.478. The molecule has 0 spiro atoms. The Morgan fingerprint density at radius 1 is 1.73 bits per heavy atom. The molecule has 1 aromatic heterocycles. The van der Waals surface area contributed by atoms with E-state index >= 15 is 0 Å². The highest BCUT2D eigenvalue weighted by molar-refractivity contribution is 7.16. The number of hydrogen-bond donors (Lipinski definition) is 2. The van der Waals surface area contributed by atoms with Crippen molar-refractivity contribution in [3.8, 4) is 0 Å². The number of nitrogens with one attached hydrogen (secondary N) is 1. The monoisotopic (exact) mass is 247 g/mol. The maximum Gasteiger partial charge on any atom is 0.250 e. The van der Waals surface area contributed by atoms with Crippen LogP contribution in [0.4, 0.5) is 0 Å². The Kier molecular flexibility index (Phi) is 4.53. The summed E-state index contributed by atoms with van der Waals surface area (Å²) in [5.41, 5.74) is 2.13. The topological polar surface area (TPSA) is 58.4 Å². The van der Waals surface area contributed by atoms with Crippen LogP contribution >= 0.6 is 22.9 Å². The molecule has 0 aliphatic heterocycles. The third-order valence-electron chi connectivity index (χ3n) is 2.22. The molecule has 6 heteroatoms. The molecule has 1 atom stereocenters. The lowest BCUT2D eigenvalue weighted by atomic mass is 10.3. The molecule has 0 aliphatic carbocycles. The van der Waals surface area contributed by atoms with Crippen LogP contribution in [0.1, 0.15) is 11.8 Å². The largest absolute Gasteiger partial charge is 0.293 e. The lowest BCUT2D eigenvalue weighted by Crippen LogP contribution is -2.45. The van der Waals surface area contributed by atoms with Crippen LogP contribution in [0.25, 0.3) is 0 Å². The average Bonchev–Trinajstić information content (AvgIpc) is 2.61. The Hall–Kier alpha value is -0.620. The summed E-state index contributed by atoms with van der Waals surface area (Å²) in [5, 5.41) is 0. The molecule has 15 heavy (non-hydrogen) atoms. The molecular weight excluding hydrogens is 234 g/mol. The van der Waals surface area contributed by atoms with Gasteiger partial charge in [0, 0.05) is 11.4 Å². The number of amides is 1. The minimum absolute atomic E-state index is 0.194. The number of thiophene rings is 1. The van der Waals surface area contributed by atoms with Gasteiger partial charge in [-0.25, -0.2) is 5.84 Å². The Labute approximate surface area is 98.0 Å². The van der Waals surface area contributed by atoms with Crippen LogP contribution < -0.4 is 11.3 Å². The van der Waals surface area contributed by atoms with E-state index in [4.69, 9.17) is 17.4 Å². The summed E-state index contributed by atoms with van der Waals surface area (Å²) < 4.78 is 0.759. The minimum Gasteiger partial charge on any atom is -0.293 e. The van der Waals surface area contributed by atoms with Gasteiger partial charge in [0.1, 0.15) is 0 Å². The molecule has 1 amide bonds. The maximum absolute atomic E-state index is 11.2. The van der Waals surface area contributed by atoms with Crippen LogP contribution in [0.5, 0.6) is 0 Å². The van der Waals surface area contributed by atoms with Crippen molar-refractivity contribution < 1.29 is 4.79 Å². The fourth-order valence-corrected chi connectivity index (χ4v) is 2.29. The van der Waals surface area contributed by atoms with Gasteiger partial charge >= 0.3 is 0 Å². The fraction of sp³-hybridized carbons (Fsp3) is 0.444. The van der Waals surface area contributed by atoms with Crippen molar-refractivity contribution in [2.45, 2.75) is 19.5 Å². The van der Waals surface area contributed by atoms with Crippen LogP contribution in [-0.2, 0) is 11.3 Å². The first-order valence-corrected chi connectivity index (χ1v) is 5.69. The van der Waals surface area contributed by atoms with Gasteiger partial charge < -0.3 is 0 Å². The molecule has 1 unspecified atom stereocenters. The lowest BCUT2D eigenvalue weighted by molar-refractivity contribution is -0.125. The van der Waals surface area contributed by atoms with E-state index in [1.54, 1.807) is 6.92 Å². The van der Waals surface area contributed by atoms with Gasteiger partial charge in [-0.2, -0.15) is 0 Å². The van der Waals surface area contributed by atoms with Crippen molar-refractivity contribution >= 4 is 28.8 Å². The zero-order valence-corrected chi connectivity index (χ0v) is 10.2. The summed E-state index contributed by atoms with van der Waals surface area (Å²) in [6.07, 6.45) is 0. The first-order valence-electron chi connectivity index (χ1n) is 4.49. The minimum atomic E-state index is -0.254. The normalized spacial score (nSPS) is 12.9. The van der Waals surface area contributed by atoms with E-state index in [9.17, 15) is 4.79 Å². The van der Waals surface area contributed by atoms with Crippen LogP contribution in [0.15, 0.2) is 12.1 Å². The number of nitrogens with two attached hydrogens (primary N) is 1. The molecule has 0 saturated carbocycles. The van der Waals surface area contributed by atoms with E-state index in [0.717, 1.165) is 9.21 Å². The second-order valence-electron chi connectivity index (χ2n) is 3.31. The number of carbonyl (C=O) groups is 1. The van der Waals surface area contributed by atoms with Crippen molar-refractivity contribution in [3.63, 3.8) is 0 Å². The molecule has 0 aliphatic rings. The maximum atomic E-state index is 11.2. The zero-order chi connectivity index (χ0) is 11.4. The Bertz CT molecular complexity index is 342. The highest BCUT2D eigenvalue weighted by Crippen LogP contribution is 2.22. The summed E-state index contributed by atoms with van der Waals surface area (Å²) in [6.45, 7) is 2.49. The number of likely N-dealkylation sites (N-methyl/N-ethyl adjacent to an activating group) is 1. The molecule has 4 nitrogen and oxygen atoms in total. The lowest BCUT2D eigenvalue weighted by Gasteiger charge is -2.22. The Morgan fingerprint density at radius 2 is 2.40 bits per heavy atom. The summed E-state index contributed by atoms with van der Waals surface area (Å²) >= 11 is 7.33. The summed E-state index contributed by atoms with van der Waals surface area (Å²) in [5.74, 6) is 4.87. The van der Waals surface area contributed by atoms with Gasteiger partial charge in [-0.15, -0.1) is 11.3 Å². The number of nitrogens with zero attached hydrogens (tertiary/aromatic N) is 1. The predicted molar refractivity (Wildman–Crippen MR) is 62.6 cm³/mol. The summed E-state index contributed by atoms with van der Waals surface area (Å²) in [4.78, 5) is 14.3. The second-order valence-corrected chi connectivity index (χ2v) is 5.11. The molecule has 0 saturated heterocycles. The van der Waals surface area contributed by atoms with Crippen molar-refractivity contribution in [1.29, 1.82) is 0 Å². The molecule has 1 rings (SSSR count). The molecule has 3 N–H and O–H groups in total. The molecule has 1 heterocycles. The Morgan fingerprint density at radius 3 is 2.87 bits per heavy atom. The van der Waals surface area contributed by atoms with Gasteiger partial charge in [0.05, 0.1) is 10.4 Å². The molecule has 84 valence electrons. The third-order valence-corrected chi connectivity index (χ3v) is 3.43. The van der Waals surface area contributed by atoms with Crippen LogP contribution in [0.2, 0.25) is 4.34 Å². The van der Waals surface area contributed by atoms with Gasteiger partial charge in [0.15, 0.2) is 0 Å². The molecule has 0 aromatic carbocycles. The van der Waals surface area contributed by atoms with Crippen molar-refractivity contribution in [2.24, 2.45) is 5.84 Å². The van der Waals surface area contributed by atoms with E-state index in [1.165, 1.54) is 11.3 Å². The smallest absolute Gasteiger partial charge is 0.250 e.